The molecule has 0 saturated heterocycles. The summed E-state index contributed by atoms with van der Waals surface area (Å²) in [4.78, 5) is 0. The molecular formula is C14H11Cl2NO2. The molecule has 0 amide bonds. The van der Waals surface area contributed by atoms with Gasteiger partial charge in [0.05, 0.1) is 11.2 Å². The summed E-state index contributed by atoms with van der Waals surface area (Å²) >= 11 is 11.9. The van der Waals surface area contributed by atoms with Crippen LogP contribution in [-0.4, -0.2) is 11.4 Å². The predicted octanol–water partition coefficient (Wildman–Crippen LogP) is 4.38. The fourth-order valence-electron chi connectivity index (χ4n) is 1.52. The Morgan fingerprint density at radius 1 is 1.11 bits per heavy atom. The quantitative estimate of drug-likeness (QED) is 0.517. The van der Waals surface area contributed by atoms with Crippen LogP contribution in [0.2, 0.25) is 10.0 Å². The van der Waals surface area contributed by atoms with Crippen molar-refractivity contribution in [1.82, 2.24) is 0 Å². The summed E-state index contributed by atoms with van der Waals surface area (Å²) in [6, 6.07) is 12.5. The molecule has 0 fully saturated rings. The molecule has 2 aromatic carbocycles. The van der Waals surface area contributed by atoms with Crippen LogP contribution in [0.5, 0.6) is 5.75 Å². The van der Waals surface area contributed by atoms with E-state index < -0.39 is 0 Å². The number of hydrogen-bond donors (Lipinski definition) is 1. The Morgan fingerprint density at radius 3 is 2.47 bits per heavy atom. The lowest BCUT2D eigenvalue weighted by Gasteiger charge is -2.08. The molecule has 0 atom stereocenters. The van der Waals surface area contributed by atoms with E-state index in [1.54, 1.807) is 18.2 Å². The third-order valence-corrected chi connectivity index (χ3v) is 3.02. The zero-order chi connectivity index (χ0) is 13.7. The van der Waals surface area contributed by atoms with E-state index in [0.717, 1.165) is 5.56 Å². The van der Waals surface area contributed by atoms with Gasteiger partial charge in [0.1, 0.15) is 12.4 Å². The molecule has 0 unspecified atom stereocenters. The SMILES string of the molecule is O/N=C\c1ccc(OCc2ccc(Cl)cc2)c(Cl)c1. The fourth-order valence-corrected chi connectivity index (χ4v) is 1.89. The molecule has 0 spiro atoms. The molecular weight excluding hydrogens is 285 g/mol. The van der Waals surface area contributed by atoms with Crippen LogP contribution in [-0.2, 0) is 6.61 Å². The zero-order valence-electron chi connectivity index (χ0n) is 9.88. The van der Waals surface area contributed by atoms with Crippen LogP contribution < -0.4 is 4.74 Å². The largest absolute Gasteiger partial charge is 0.487 e. The second-order valence-electron chi connectivity index (χ2n) is 3.85. The Morgan fingerprint density at radius 2 is 1.84 bits per heavy atom. The molecule has 0 heterocycles. The summed E-state index contributed by atoms with van der Waals surface area (Å²) in [5.74, 6) is 0.576. The van der Waals surface area contributed by atoms with Crippen molar-refractivity contribution in [1.29, 1.82) is 0 Å². The first-order valence-electron chi connectivity index (χ1n) is 5.53. The third kappa shape index (κ3) is 3.88. The highest BCUT2D eigenvalue weighted by atomic mass is 35.5. The zero-order valence-corrected chi connectivity index (χ0v) is 11.4. The van der Waals surface area contributed by atoms with Gasteiger partial charge in [0, 0.05) is 5.02 Å². The van der Waals surface area contributed by atoms with Crippen LogP contribution in [0.4, 0.5) is 0 Å². The predicted molar refractivity (Wildman–Crippen MR) is 76.6 cm³/mol. The van der Waals surface area contributed by atoms with E-state index in [9.17, 15) is 0 Å². The minimum atomic E-state index is 0.407. The second-order valence-corrected chi connectivity index (χ2v) is 4.69. The van der Waals surface area contributed by atoms with Crippen molar-refractivity contribution in [3.63, 3.8) is 0 Å². The van der Waals surface area contributed by atoms with Crippen LogP contribution in [0, 0.1) is 0 Å². The monoisotopic (exact) mass is 295 g/mol. The minimum Gasteiger partial charge on any atom is -0.487 e. The van der Waals surface area contributed by atoms with Gasteiger partial charge in [-0.1, -0.05) is 40.5 Å². The van der Waals surface area contributed by atoms with Crippen molar-refractivity contribution >= 4 is 29.4 Å². The number of ether oxygens (including phenoxy) is 1. The minimum absolute atomic E-state index is 0.407. The van der Waals surface area contributed by atoms with E-state index in [1.807, 2.05) is 24.3 Å². The van der Waals surface area contributed by atoms with Gasteiger partial charge >= 0.3 is 0 Å². The smallest absolute Gasteiger partial charge is 0.138 e. The molecule has 0 aliphatic rings. The topological polar surface area (TPSA) is 41.8 Å². The summed E-state index contributed by atoms with van der Waals surface area (Å²) < 4.78 is 5.61. The lowest BCUT2D eigenvalue weighted by Crippen LogP contribution is -1.96. The van der Waals surface area contributed by atoms with Gasteiger partial charge in [0.25, 0.3) is 0 Å². The van der Waals surface area contributed by atoms with Crippen molar-refractivity contribution in [3.05, 3.63) is 63.6 Å². The number of hydrogen-bond acceptors (Lipinski definition) is 3. The molecule has 1 N–H and O–H groups in total. The van der Waals surface area contributed by atoms with Gasteiger partial charge in [-0.05, 0) is 41.5 Å². The number of benzene rings is 2. The van der Waals surface area contributed by atoms with Gasteiger partial charge in [-0.25, -0.2) is 0 Å². The first-order valence-corrected chi connectivity index (χ1v) is 6.29. The Balaban J connectivity index is 2.05. The Hall–Kier alpha value is -1.71. The van der Waals surface area contributed by atoms with E-state index in [1.165, 1.54) is 6.21 Å². The lowest BCUT2D eigenvalue weighted by atomic mass is 10.2. The maximum Gasteiger partial charge on any atom is 0.138 e. The maximum atomic E-state index is 8.44. The van der Waals surface area contributed by atoms with E-state index in [-0.39, 0.29) is 0 Å². The van der Waals surface area contributed by atoms with Crippen LogP contribution in [0.3, 0.4) is 0 Å². The first kappa shape index (κ1) is 13.7. The van der Waals surface area contributed by atoms with Crippen LogP contribution in [0.1, 0.15) is 11.1 Å². The highest BCUT2D eigenvalue weighted by molar-refractivity contribution is 6.32. The summed E-state index contributed by atoms with van der Waals surface area (Å²) in [5, 5.41) is 12.5. The third-order valence-electron chi connectivity index (χ3n) is 2.47. The van der Waals surface area contributed by atoms with Crippen LogP contribution >= 0.6 is 23.2 Å². The van der Waals surface area contributed by atoms with E-state index in [2.05, 4.69) is 5.16 Å². The van der Waals surface area contributed by atoms with Gasteiger partial charge in [-0.15, -0.1) is 0 Å². The van der Waals surface area contributed by atoms with Crippen LogP contribution in [0.15, 0.2) is 47.6 Å². The molecule has 98 valence electrons. The van der Waals surface area contributed by atoms with Gasteiger partial charge in [-0.2, -0.15) is 0 Å². The molecule has 0 bridgehead atoms. The Bertz CT molecular complexity index is 582. The maximum absolute atomic E-state index is 8.44. The number of halogens is 2. The van der Waals surface area contributed by atoms with Crippen molar-refractivity contribution in [2.45, 2.75) is 6.61 Å². The summed E-state index contributed by atoms with van der Waals surface area (Å²) in [7, 11) is 0. The van der Waals surface area contributed by atoms with Gasteiger partial charge in [0.2, 0.25) is 0 Å². The molecule has 19 heavy (non-hydrogen) atoms. The molecule has 0 aromatic heterocycles. The highest BCUT2D eigenvalue weighted by Crippen LogP contribution is 2.26. The molecule has 2 aromatic rings. The summed E-state index contributed by atoms with van der Waals surface area (Å²) in [6.45, 7) is 0.407. The lowest BCUT2D eigenvalue weighted by molar-refractivity contribution is 0.306. The fraction of sp³-hybridized carbons (Fsp3) is 0.0714. The second kappa shape index (κ2) is 6.45. The molecule has 5 heteroatoms. The van der Waals surface area contributed by atoms with E-state index in [0.29, 0.717) is 28.0 Å². The number of oxime groups is 1. The van der Waals surface area contributed by atoms with Crippen molar-refractivity contribution < 1.29 is 9.94 Å². The molecule has 0 saturated carbocycles. The van der Waals surface area contributed by atoms with Crippen molar-refractivity contribution in [2.24, 2.45) is 5.16 Å². The Kier molecular flexibility index (Phi) is 4.66. The van der Waals surface area contributed by atoms with Gasteiger partial charge < -0.3 is 9.94 Å². The van der Waals surface area contributed by atoms with E-state index in [4.69, 9.17) is 33.1 Å². The standard InChI is InChI=1S/C14H11Cl2NO2/c15-12-4-1-10(2-5-12)9-19-14-6-3-11(8-17-18)7-13(14)16/h1-8,18H,9H2/b17-8-. The molecule has 0 radical (unpaired) electrons. The average molecular weight is 296 g/mol. The highest BCUT2D eigenvalue weighted by Gasteiger charge is 2.03. The van der Waals surface area contributed by atoms with E-state index >= 15 is 0 Å². The Labute approximate surface area is 121 Å². The molecule has 0 aliphatic carbocycles. The average Bonchev–Trinajstić information content (AvgIpc) is 2.40. The summed E-state index contributed by atoms with van der Waals surface area (Å²) in [5.41, 5.74) is 1.70. The number of nitrogens with zero attached hydrogens (tertiary/aromatic N) is 1. The van der Waals surface area contributed by atoms with Crippen LogP contribution in [0.25, 0.3) is 0 Å². The van der Waals surface area contributed by atoms with Gasteiger partial charge in [0.15, 0.2) is 0 Å². The molecule has 3 nitrogen and oxygen atoms in total. The van der Waals surface area contributed by atoms with Crippen molar-refractivity contribution in [3.8, 4) is 5.75 Å². The number of rotatable bonds is 4. The van der Waals surface area contributed by atoms with Gasteiger partial charge in [-0.3, -0.25) is 0 Å². The first-order chi connectivity index (χ1) is 9.19. The van der Waals surface area contributed by atoms with Crippen molar-refractivity contribution in [2.75, 3.05) is 0 Å². The summed E-state index contributed by atoms with van der Waals surface area (Å²) in [6.07, 6.45) is 1.30. The normalized spacial score (nSPS) is 10.8. The molecule has 0 aliphatic heterocycles. The molecule has 2 rings (SSSR count).